The van der Waals surface area contributed by atoms with Crippen molar-refractivity contribution >= 4 is 48.7 Å². The van der Waals surface area contributed by atoms with Gasteiger partial charge in [0.2, 0.25) is 0 Å². The number of rotatable bonds is 4. The van der Waals surface area contributed by atoms with Gasteiger partial charge in [-0.2, -0.15) is 0 Å². The van der Waals surface area contributed by atoms with Crippen LogP contribution < -0.4 is 24.7 Å². The summed E-state index contributed by atoms with van der Waals surface area (Å²) < 4.78 is 9.68. The van der Waals surface area contributed by atoms with E-state index < -0.39 is 20.1 Å². The van der Waals surface area contributed by atoms with E-state index in [2.05, 4.69) is 36.0 Å². The Labute approximate surface area is 104 Å². The molecule has 0 amide bonds. The van der Waals surface area contributed by atoms with Gasteiger partial charge in [0, 0.05) is 0 Å². The third-order valence-electron chi connectivity index (χ3n) is 1.49. The average Bonchev–Trinajstić information content (AvgIpc) is 2.69. The predicted molar refractivity (Wildman–Crippen MR) is 61.6 cm³/mol. The number of hydrogen-bond acceptors (Lipinski definition) is 3. The molecule has 6 heteroatoms. The molecule has 0 saturated carbocycles. The fourth-order valence-corrected chi connectivity index (χ4v) is 11.8. The quantitative estimate of drug-likeness (QED) is 0.119. The maximum atomic E-state index is 11.4. The normalized spacial score (nSPS) is 26.9. The molecular formula is C6H11I3NO2-. The summed E-state index contributed by atoms with van der Waals surface area (Å²) in [6, 6.07) is 0. The molecular weight excluding hydrogens is 499 g/mol. The SMILES string of the molecule is C[I-]C(C(=O)OCI)C1NI1C. The third kappa shape index (κ3) is 3.08. The van der Waals surface area contributed by atoms with Crippen molar-refractivity contribution in [2.75, 3.05) is 14.5 Å². The number of esters is 1. The van der Waals surface area contributed by atoms with Crippen LogP contribution in [0.3, 0.4) is 0 Å². The summed E-state index contributed by atoms with van der Waals surface area (Å²) >= 11 is 1.21. The molecule has 0 aliphatic carbocycles. The third-order valence-corrected chi connectivity index (χ3v) is 9.78. The Morgan fingerprint density at radius 2 is 2.50 bits per heavy atom. The van der Waals surface area contributed by atoms with Crippen LogP contribution in [0, 0.1) is 0 Å². The zero-order valence-corrected chi connectivity index (χ0v) is 13.3. The topological polar surface area (TPSA) is 48.2 Å². The first-order valence-corrected chi connectivity index (χ1v) is 12.7. The van der Waals surface area contributed by atoms with Gasteiger partial charge >= 0.3 is 105 Å². The van der Waals surface area contributed by atoms with Crippen molar-refractivity contribution in [3.8, 4) is 0 Å². The van der Waals surface area contributed by atoms with E-state index in [0.29, 0.717) is 8.66 Å². The molecule has 0 bridgehead atoms. The van der Waals surface area contributed by atoms with Crippen molar-refractivity contribution in [3.05, 3.63) is 0 Å². The van der Waals surface area contributed by atoms with Crippen molar-refractivity contribution in [2.24, 2.45) is 0 Å². The van der Waals surface area contributed by atoms with Crippen molar-refractivity contribution in [1.29, 1.82) is 0 Å². The zero-order chi connectivity index (χ0) is 9.14. The number of ether oxygens (including phenoxy) is 1. The Balaban J connectivity index is 2.39. The van der Waals surface area contributed by atoms with Gasteiger partial charge in [-0.15, -0.1) is 0 Å². The van der Waals surface area contributed by atoms with E-state index in [-0.39, 0.29) is 31.1 Å². The second kappa shape index (κ2) is 5.49. The van der Waals surface area contributed by atoms with Crippen LogP contribution in [-0.2, 0) is 9.53 Å². The van der Waals surface area contributed by atoms with Gasteiger partial charge in [-0.1, -0.05) is 0 Å². The fourth-order valence-electron chi connectivity index (χ4n) is 0.814. The summed E-state index contributed by atoms with van der Waals surface area (Å²) in [6.07, 6.45) is 0. The van der Waals surface area contributed by atoms with Crippen molar-refractivity contribution < 1.29 is 30.7 Å². The molecule has 1 N–H and O–H groups in total. The van der Waals surface area contributed by atoms with Gasteiger partial charge in [0.1, 0.15) is 0 Å². The average molecular weight is 510 g/mol. The Hall–Kier alpha value is 1.62. The molecule has 1 aliphatic rings. The van der Waals surface area contributed by atoms with Crippen molar-refractivity contribution in [2.45, 2.75) is 7.97 Å². The molecule has 0 spiro atoms. The van der Waals surface area contributed by atoms with Crippen LogP contribution in [0.15, 0.2) is 0 Å². The molecule has 2 atom stereocenters. The van der Waals surface area contributed by atoms with E-state index in [1.807, 2.05) is 0 Å². The minimum atomic E-state index is -0.839. The number of nitrogens with one attached hydrogen (secondary N) is 1. The first-order valence-electron chi connectivity index (χ1n) is 3.26. The van der Waals surface area contributed by atoms with Crippen LogP contribution in [0.2, 0.25) is 0 Å². The van der Waals surface area contributed by atoms with Gasteiger partial charge in [0.15, 0.2) is 0 Å². The van der Waals surface area contributed by atoms with Gasteiger partial charge in [-0.25, -0.2) is 0 Å². The van der Waals surface area contributed by atoms with Crippen LogP contribution >= 0.6 is 42.7 Å². The van der Waals surface area contributed by atoms with Gasteiger partial charge in [0.25, 0.3) is 0 Å². The van der Waals surface area contributed by atoms with E-state index >= 15 is 0 Å². The first-order chi connectivity index (χ1) is 5.70. The molecule has 12 heavy (non-hydrogen) atoms. The summed E-state index contributed by atoms with van der Waals surface area (Å²) in [5, 5.41) is 0. The van der Waals surface area contributed by atoms with Crippen LogP contribution in [-0.4, -0.2) is 28.4 Å². The number of carbonyl (C=O) groups excluding carboxylic acids is 1. The first kappa shape index (κ1) is 11.7. The molecule has 1 aliphatic heterocycles. The van der Waals surface area contributed by atoms with Gasteiger partial charge in [-0.3, -0.25) is 0 Å². The molecule has 0 aromatic carbocycles. The Morgan fingerprint density at radius 3 is 2.83 bits per heavy atom. The Morgan fingerprint density at radius 1 is 1.92 bits per heavy atom. The van der Waals surface area contributed by atoms with Crippen LogP contribution in [0.1, 0.15) is 0 Å². The second-order valence-electron chi connectivity index (χ2n) is 2.22. The summed E-state index contributed by atoms with van der Waals surface area (Å²) in [5.41, 5.74) is 0. The van der Waals surface area contributed by atoms with E-state index in [1.54, 1.807) is 0 Å². The number of alkyl halides is 5. The molecule has 2 unspecified atom stereocenters. The monoisotopic (exact) mass is 510 g/mol. The van der Waals surface area contributed by atoms with Gasteiger partial charge in [-0.05, 0) is 0 Å². The number of halogens is 3. The van der Waals surface area contributed by atoms with Crippen LogP contribution in [0.25, 0.3) is 0 Å². The summed E-state index contributed by atoms with van der Waals surface area (Å²) in [5.74, 6) is 0.0267. The molecule has 0 aromatic heterocycles. The molecule has 0 radical (unpaired) electrons. The van der Waals surface area contributed by atoms with E-state index in [1.165, 1.54) is 0 Å². The summed E-state index contributed by atoms with van der Waals surface area (Å²) in [6.45, 7) is 0. The molecule has 1 saturated heterocycles. The molecule has 0 aromatic rings. The van der Waals surface area contributed by atoms with Crippen LogP contribution in [0.5, 0.6) is 0 Å². The van der Waals surface area contributed by atoms with Gasteiger partial charge < -0.3 is 0 Å². The van der Waals surface area contributed by atoms with Crippen molar-refractivity contribution in [1.82, 2.24) is 3.53 Å². The summed E-state index contributed by atoms with van der Waals surface area (Å²) in [4.78, 5) is 15.8. The van der Waals surface area contributed by atoms with E-state index in [0.717, 1.165) is 0 Å². The van der Waals surface area contributed by atoms with E-state index in [4.69, 9.17) is 4.74 Å². The molecule has 74 valence electrons. The molecule has 3 nitrogen and oxygen atoms in total. The Kier molecular flexibility index (Phi) is 5.35. The predicted octanol–water partition coefficient (Wildman–Crippen LogP) is -2.01. The molecule has 1 heterocycles. The minimum absolute atomic E-state index is 0.0174. The molecule has 1 fully saturated rings. The molecule has 1 rings (SSSR count). The maximum absolute atomic E-state index is 11.4. The summed E-state index contributed by atoms with van der Waals surface area (Å²) in [7, 11) is 0. The Bertz CT molecular complexity index is 178. The zero-order valence-electron chi connectivity index (χ0n) is 6.81. The standard InChI is InChI=1S/C6H11I3NO2/c1-8-4(5-9(2)10-5)6(11)12-3-7/h4-5,10H,3H2,1-2H3/q-1. The number of hydrogen-bond donors (Lipinski definition) is 1. The van der Waals surface area contributed by atoms with E-state index in [9.17, 15) is 4.79 Å². The van der Waals surface area contributed by atoms with Gasteiger partial charge in [0.05, 0.1) is 0 Å². The second-order valence-corrected chi connectivity index (χ2v) is 10.3. The van der Waals surface area contributed by atoms with Crippen LogP contribution in [0.4, 0.5) is 0 Å². The number of carbonyl (C=O) groups is 1. The van der Waals surface area contributed by atoms with Crippen molar-refractivity contribution in [3.63, 3.8) is 0 Å². The fraction of sp³-hybridized carbons (Fsp3) is 0.833.